The molecule has 3 aliphatic carbocycles. The Morgan fingerprint density at radius 1 is 1.10 bits per heavy atom. The van der Waals surface area contributed by atoms with Crippen molar-refractivity contribution < 1.29 is 32.6 Å². The van der Waals surface area contributed by atoms with Crippen LogP contribution in [0.4, 0.5) is 18.9 Å². The minimum absolute atomic E-state index is 0.0554. The molecule has 2 heterocycles. The molecule has 39 heavy (non-hydrogen) atoms. The summed E-state index contributed by atoms with van der Waals surface area (Å²) >= 11 is 0.832. The number of aromatic nitrogens is 2. The molecule has 7 nitrogen and oxygen atoms in total. The van der Waals surface area contributed by atoms with E-state index in [0.717, 1.165) is 43.4 Å². The van der Waals surface area contributed by atoms with Crippen molar-refractivity contribution in [2.75, 3.05) is 4.90 Å². The fourth-order valence-electron chi connectivity index (χ4n) is 5.54. The number of halogens is 3. The molecule has 0 aromatic carbocycles. The molecule has 0 spiro atoms. The molecule has 5 rings (SSSR count). The first-order valence-electron chi connectivity index (χ1n) is 13.4. The maximum Gasteiger partial charge on any atom is 0.405 e. The van der Waals surface area contributed by atoms with Crippen LogP contribution in [-0.4, -0.2) is 45.3 Å². The lowest BCUT2D eigenvalue weighted by atomic mass is 9.86. The van der Waals surface area contributed by atoms with Gasteiger partial charge in [0.05, 0.1) is 10.6 Å². The number of hydrogen-bond acceptors (Lipinski definition) is 6. The van der Waals surface area contributed by atoms with Crippen molar-refractivity contribution in [3.05, 3.63) is 34.4 Å². The van der Waals surface area contributed by atoms with Gasteiger partial charge >= 0.3 is 12.1 Å². The third kappa shape index (κ3) is 6.06. The summed E-state index contributed by atoms with van der Waals surface area (Å²) < 4.78 is 46.2. The van der Waals surface area contributed by atoms with Crippen molar-refractivity contribution >= 4 is 28.9 Å². The molecule has 3 aliphatic rings. The van der Waals surface area contributed by atoms with E-state index in [9.17, 15) is 27.9 Å². The van der Waals surface area contributed by atoms with Gasteiger partial charge < -0.3 is 14.7 Å². The number of hydrogen-bond donors (Lipinski definition) is 1. The van der Waals surface area contributed by atoms with Gasteiger partial charge in [0, 0.05) is 24.2 Å². The second-order valence-corrected chi connectivity index (χ2v) is 11.7. The second-order valence-electron chi connectivity index (χ2n) is 10.6. The lowest BCUT2D eigenvalue weighted by molar-refractivity contribution is -0.168. The first-order valence-corrected chi connectivity index (χ1v) is 14.2. The highest BCUT2D eigenvalue weighted by Crippen LogP contribution is 2.57. The first kappa shape index (κ1) is 27.4. The Hall–Kier alpha value is -3.13. The summed E-state index contributed by atoms with van der Waals surface area (Å²) in [5, 5.41) is 10.0. The van der Waals surface area contributed by atoms with Crippen LogP contribution in [0, 0.1) is 23.2 Å². The number of ether oxygens (including phenoxy) is 1. The van der Waals surface area contributed by atoms with Crippen molar-refractivity contribution in [1.82, 2.24) is 9.97 Å². The monoisotopic (exact) mass is 561 g/mol. The normalized spacial score (nSPS) is 22.8. The minimum Gasteiger partial charge on any atom is -0.477 e. The van der Waals surface area contributed by atoms with Gasteiger partial charge in [0.2, 0.25) is 11.8 Å². The summed E-state index contributed by atoms with van der Waals surface area (Å²) in [4.78, 5) is 36.0. The molecule has 0 unspecified atom stereocenters. The lowest BCUT2D eigenvalue weighted by Crippen LogP contribution is -2.47. The molecule has 3 saturated carbocycles. The highest BCUT2D eigenvalue weighted by atomic mass is 32.1. The number of thiophene rings is 1. The molecule has 2 aromatic rings. The van der Waals surface area contributed by atoms with E-state index in [1.807, 2.05) is 0 Å². The van der Waals surface area contributed by atoms with Crippen LogP contribution in [0.25, 0.3) is 0 Å². The number of carboxylic acid groups (broad SMARTS) is 1. The largest absolute Gasteiger partial charge is 0.477 e. The van der Waals surface area contributed by atoms with Crippen LogP contribution in [0.5, 0.6) is 5.88 Å². The fraction of sp³-hybridized carbons (Fsp3) is 0.571. The van der Waals surface area contributed by atoms with E-state index in [-0.39, 0.29) is 52.3 Å². The lowest BCUT2D eigenvalue weighted by Gasteiger charge is -2.39. The molecular weight excluding hydrogens is 531 g/mol. The van der Waals surface area contributed by atoms with Gasteiger partial charge in [-0.15, -0.1) is 11.3 Å². The highest BCUT2D eigenvalue weighted by molar-refractivity contribution is 7.15. The topological polar surface area (TPSA) is 92.6 Å². The van der Waals surface area contributed by atoms with Crippen LogP contribution in [-0.2, 0) is 4.79 Å². The highest BCUT2D eigenvalue weighted by Gasteiger charge is 2.62. The van der Waals surface area contributed by atoms with Crippen molar-refractivity contribution in [3.63, 3.8) is 0 Å². The van der Waals surface area contributed by atoms with Gasteiger partial charge in [-0.05, 0) is 57.4 Å². The zero-order valence-electron chi connectivity index (χ0n) is 21.4. The van der Waals surface area contributed by atoms with Crippen molar-refractivity contribution in [1.29, 1.82) is 0 Å². The zero-order chi connectivity index (χ0) is 27.6. The van der Waals surface area contributed by atoms with Gasteiger partial charge in [0.1, 0.15) is 22.7 Å². The third-order valence-corrected chi connectivity index (χ3v) is 8.95. The Morgan fingerprint density at radius 3 is 2.41 bits per heavy atom. The quantitative estimate of drug-likeness (QED) is 0.420. The average molecular weight is 562 g/mol. The summed E-state index contributed by atoms with van der Waals surface area (Å²) in [6.45, 7) is 0. The molecule has 11 heteroatoms. The maximum atomic E-state index is 13.9. The summed E-state index contributed by atoms with van der Waals surface area (Å²) in [5.41, 5.74) is -1.77. The molecule has 1 N–H and O–H groups in total. The number of nitrogens with zero attached hydrogens (tertiary/aromatic N) is 3. The summed E-state index contributed by atoms with van der Waals surface area (Å²) in [7, 11) is 0. The van der Waals surface area contributed by atoms with Crippen molar-refractivity contribution in [2.24, 2.45) is 11.3 Å². The number of amides is 1. The van der Waals surface area contributed by atoms with E-state index >= 15 is 0 Å². The number of carboxylic acids is 1. The van der Waals surface area contributed by atoms with Crippen LogP contribution < -0.4 is 9.64 Å². The summed E-state index contributed by atoms with van der Waals surface area (Å²) in [5.74, 6) is 3.90. The van der Waals surface area contributed by atoms with Crippen LogP contribution in [0.1, 0.15) is 85.2 Å². The smallest absolute Gasteiger partial charge is 0.405 e. The Labute approximate surface area is 228 Å². The molecule has 0 atom stereocenters. The zero-order valence-corrected chi connectivity index (χ0v) is 22.2. The number of alkyl halides is 3. The maximum absolute atomic E-state index is 13.9. The van der Waals surface area contributed by atoms with Gasteiger partial charge in [0.15, 0.2) is 0 Å². The van der Waals surface area contributed by atoms with Gasteiger partial charge in [-0.3, -0.25) is 4.79 Å². The molecule has 0 radical (unpaired) electrons. The number of rotatable bonds is 6. The van der Waals surface area contributed by atoms with E-state index in [1.54, 1.807) is 17.2 Å². The minimum atomic E-state index is -4.43. The number of carbonyl (C=O) groups is 2. The molecule has 3 fully saturated rings. The number of carbonyl (C=O) groups excluding carboxylic acids is 1. The average Bonchev–Trinajstić information content (AvgIpc) is 3.63. The Kier molecular flexibility index (Phi) is 7.85. The van der Waals surface area contributed by atoms with Gasteiger partial charge in [-0.2, -0.15) is 13.2 Å². The second kappa shape index (κ2) is 11.2. The van der Waals surface area contributed by atoms with Crippen LogP contribution >= 0.6 is 11.3 Å². The third-order valence-electron chi connectivity index (χ3n) is 7.93. The van der Waals surface area contributed by atoms with Crippen LogP contribution in [0.15, 0.2) is 24.7 Å². The summed E-state index contributed by atoms with van der Waals surface area (Å²) in [6, 6.07) is 2.93. The van der Waals surface area contributed by atoms with E-state index < -0.39 is 17.6 Å². The predicted octanol–water partition coefficient (Wildman–Crippen LogP) is 6.23. The van der Waals surface area contributed by atoms with E-state index in [0.29, 0.717) is 31.6 Å². The molecule has 1 amide bonds. The van der Waals surface area contributed by atoms with Crippen molar-refractivity contribution in [3.8, 4) is 17.7 Å². The standard InChI is InChI=1S/C28H30F3N3O4S/c29-28(30,31)27(13-14-27)12-10-21-16-22(24(39-21)26(36)37)34(25(35)18-4-2-1-3-5-18)19-6-8-20(9-7-19)38-23-11-15-32-17-33-23/h11,15-20H,1-9,13-14H2,(H,36,37). The van der Waals surface area contributed by atoms with E-state index in [4.69, 9.17) is 4.74 Å². The molecule has 208 valence electrons. The summed E-state index contributed by atoms with van der Waals surface area (Å²) in [6.07, 6.45) is 5.31. The molecule has 0 bridgehead atoms. The van der Waals surface area contributed by atoms with Crippen LogP contribution in [0.2, 0.25) is 0 Å². The number of aromatic carboxylic acids is 1. The van der Waals surface area contributed by atoms with Crippen LogP contribution in [0.3, 0.4) is 0 Å². The molecule has 2 aromatic heterocycles. The predicted molar refractivity (Wildman–Crippen MR) is 139 cm³/mol. The molecule has 0 saturated heterocycles. The van der Waals surface area contributed by atoms with Gasteiger partial charge in [0.25, 0.3) is 0 Å². The van der Waals surface area contributed by atoms with Gasteiger partial charge in [-0.25, -0.2) is 14.8 Å². The Balaban J connectivity index is 1.42. The SMILES string of the molecule is O=C(O)c1sc(C#CC2(C(F)(F)F)CC2)cc1N(C(=O)C1CCCCC1)C1CCC(Oc2ccncn2)CC1. The number of anilines is 1. The van der Waals surface area contributed by atoms with E-state index in [2.05, 4.69) is 21.8 Å². The molecule has 0 aliphatic heterocycles. The van der Waals surface area contributed by atoms with E-state index in [1.165, 1.54) is 12.4 Å². The fourth-order valence-corrected chi connectivity index (χ4v) is 6.38. The Morgan fingerprint density at radius 2 is 1.82 bits per heavy atom. The van der Waals surface area contributed by atoms with Gasteiger partial charge in [-0.1, -0.05) is 31.1 Å². The van der Waals surface area contributed by atoms with Crippen molar-refractivity contribution in [2.45, 2.75) is 89.0 Å². The Bertz CT molecular complexity index is 1250. The molecular formula is C28H30F3N3O4S. The first-order chi connectivity index (χ1) is 18.7.